The smallest absolute Gasteiger partial charge is 0.306 e. The second-order valence-electron chi connectivity index (χ2n) is 12.7. The Bertz CT molecular complexity index is 844. The number of hydrogen-bond acceptors (Lipinski definition) is 7. The molecule has 0 fully saturated rings. The lowest BCUT2D eigenvalue weighted by Crippen LogP contribution is -2.59. The maximum Gasteiger partial charge on any atom is 0.306 e. The standard InChI is InChI=1S/C31H54N2O5/c1-11-32-25(17-18-26(34)36-23-24-15-13-12-14-16-24)27(35)30(7,8)31(9,10)33-20-22-38-29(5,6)19-21-37-28(2,3)4/h12-16,25,32-33H,11,17-23H2,1-10H3/t25-/m1/s1. The van der Waals surface area contributed by atoms with E-state index in [1.165, 1.54) is 0 Å². The van der Waals surface area contributed by atoms with Gasteiger partial charge in [0.15, 0.2) is 5.78 Å². The molecule has 0 radical (unpaired) electrons. The number of carbonyl (C=O) groups excluding carboxylic acids is 2. The average molecular weight is 535 g/mol. The predicted molar refractivity (Wildman–Crippen MR) is 154 cm³/mol. The molecule has 2 N–H and O–H groups in total. The second kappa shape index (κ2) is 15.1. The van der Waals surface area contributed by atoms with Gasteiger partial charge in [-0.15, -0.1) is 0 Å². The van der Waals surface area contributed by atoms with Crippen LogP contribution in [0.15, 0.2) is 30.3 Å². The Hall–Kier alpha value is -1.80. The van der Waals surface area contributed by atoms with Gasteiger partial charge in [-0.1, -0.05) is 51.1 Å². The van der Waals surface area contributed by atoms with Crippen molar-refractivity contribution in [1.82, 2.24) is 10.6 Å². The number of esters is 1. The van der Waals surface area contributed by atoms with Crippen LogP contribution in [0.2, 0.25) is 0 Å². The highest BCUT2D eigenvalue weighted by Crippen LogP contribution is 2.33. The van der Waals surface area contributed by atoms with Gasteiger partial charge in [0, 0.05) is 30.5 Å². The van der Waals surface area contributed by atoms with E-state index in [0.717, 1.165) is 12.0 Å². The van der Waals surface area contributed by atoms with E-state index in [4.69, 9.17) is 14.2 Å². The molecule has 0 aromatic heterocycles. The number of rotatable bonds is 18. The van der Waals surface area contributed by atoms with Crippen molar-refractivity contribution < 1.29 is 23.8 Å². The van der Waals surface area contributed by atoms with Gasteiger partial charge in [-0.25, -0.2) is 0 Å². The van der Waals surface area contributed by atoms with E-state index in [0.29, 0.717) is 32.7 Å². The molecule has 0 heterocycles. The first kappa shape index (κ1) is 34.2. The Morgan fingerprint density at radius 2 is 1.53 bits per heavy atom. The largest absolute Gasteiger partial charge is 0.461 e. The number of ketones is 1. The number of ether oxygens (including phenoxy) is 3. The van der Waals surface area contributed by atoms with Gasteiger partial charge in [0.2, 0.25) is 0 Å². The van der Waals surface area contributed by atoms with Crippen molar-refractivity contribution in [3.63, 3.8) is 0 Å². The Kier molecular flexibility index (Phi) is 13.6. The number of benzene rings is 1. The number of likely N-dealkylation sites (N-methyl/N-ethyl adjacent to an activating group) is 1. The summed E-state index contributed by atoms with van der Waals surface area (Å²) in [6, 6.07) is 9.16. The lowest BCUT2D eigenvalue weighted by Gasteiger charge is -2.43. The first-order chi connectivity index (χ1) is 17.5. The monoisotopic (exact) mass is 534 g/mol. The molecule has 1 atom stereocenters. The summed E-state index contributed by atoms with van der Waals surface area (Å²) in [5.41, 5.74) is -0.696. The van der Waals surface area contributed by atoms with Crippen molar-refractivity contribution in [3.05, 3.63) is 35.9 Å². The lowest BCUT2D eigenvalue weighted by atomic mass is 9.69. The van der Waals surface area contributed by atoms with Crippen molar-refractivity contribution in [2.75, 3.05) is 26.3 Å². The van der Waals surface area contributed by atoms with Crippen LogP contribution < -0.4 is 10.6 Å². The zero-order valence-corrected chi connectivity index (χ0v) is 25.7. The Morgan fingerprint density at radius 1 is 0.895 bits per heavy atom. The normalized spacial score (nSPS) is 13.8. The van der Waals surface area contributed by atoms with Gasteiger partial charge < -0.3 is 24.8 Å². The van der Waals surface area contributed by atoms with Gasteiger partial charge in [0.25, 0.3) is 0 Å². The second-order valence-corrected chi connectivity index (χ2v) is 12.7. The molecule has 1 aromatic rings. The molecule has 0 spiro atoms. The molecular formula is C31H54N2O5. The van der Waals surface area contributed by atoms with Crippen LogP contribution in [-0.2, 0) is 30.4 Å². The summed E-state index contributed by atoms with van der Waals surface area (Å²) in [6.07, 6.45) is 1.38. The quantitative estimate of drug-likeness (QED) is 0.191. The van der Waals surface area contributed by atoms with Crippen molar-refractivity contribution in [3.8, 4) is 0 Å². The molecule has 0 aliphatic carbocycles. The van der Waals surface area contributed by atoms with Gasteiger partial charge in [0.05, 0.1) is 23.9 Å². The lowest BCUT2D eigenvalue weighted by molar-refractivity contribution is -0.145. The Labute approximate surface area is 231 Å². The average Bonchev–Trinajstić information content (AvgIpc) is 2.82. The molecule has 0 aliphatic rings. The molecule has 0 amide bonds. The zero-order chi connectivity index (χ0) is 29.0. The van der Waals surface area contributed by atoms with E-state index >= 15 is 0 Å². The maximum absolute atomic E-state index is 13.7. The van der Waals surface area contributed by atoms with Crippen LogP contribution in [0.1, 0.15) is 94.1 Å². The fourth-order valence-electron chi connectivity index (χ4n) is 3.98. The van der Waals surface area contributed by atoms with Crippen molar-refractivity contribution in [2.24, 2.45) is 5.41 Å². The molecule has 1 rings (SSSR count). The number of nitrogens with one attached hydrogen (secondary N) is 2. The van der Waals surface area contributed by atoms with Crippen LogP contribution >= 0.6 is 0 Å². The van der Waals surface area contributed by atoms with Crippen LogP contribution in [0.4, 0.5) is 0 Å². The number of carbonyl (C=O) groups is 2. The van der Waals surface area contributed by atoms with Gasteiger partial charge in [-0.05, 0) is 73.4 Å². The van der Waals surface area contributed by atoms with E-state index in [9.17, 15) is 9.59 Å². The van der Waals surface area contributed by atoms with Crippen LogP contribution in [0.5, 0.6) is 0 Å². The number of Topliss-reactive ketones (excluding diaryl/α,β-unsaturated/α-hetero) is 1. The summed E-state index contributed by atoms with van der Waals surface area (Å²) in [6.45, 7) is 23.0. The third-order valence-electron chi connectivity index (χ3n) is 7.23. The van der Waals surface area contributed by atoms with Crippen LogP contribution in [0.25, 0.3) is 0 Å². The zero-order valence-electron chi connectivity index (χ0n) is 25.7. The fourth-order valence-corrected chi connectivity index (χ4v) is 3.98. The minimum absolute atomic E-state index is 0.0771. The topological polar surface area (TPSA) is 85.9 Å². The van der Waals surface area contributed by atoms with E-state index < -0.39 is 17.0 Å². The van der Waals surface area contributed by atoms with Gasteiger partial charge in [0.1, 0.15) is 6.61 Å². The number of hydrogen-bond donors (Lipinski definition) is 2. The molecule has 0 saturated heterocycles. The molecule has 0 bridgehead atoms. The van der Waals surface area contributed by atoms with Crippen molar-refractivity contribution >= 4 is 11.8 Å². The van der Waals surface area contributed by atoms with Gasteiger partial charge >= 0.3 is 5.97 Å². The summed E-state index contributed by atoms with van der Waals surface area (Å²) in [5.74, 6) is -0.222. The SMILES string of the molecule is CCN[C@H](CCC(=O)OCc1ccccc1)C(=O)C(C)(C)C(C)(C)NCCOC(C)(C)CCOC(C)(C)C. The summed E-state index contributed by atoms with van der Waals surface area (Å²) >= 11 is 0. The molecule has 38 heavy (non-hydrogen) atoms. The third-order valence-corrected chi connectivity index (χ3v) is 7.23. The highest BCUT2D eigenvalue weighted by Gasteiger charge is 2.45. The molecule has 1 aromatic carbocycles. The molecule has 0 saturated carbocycles. The van der Waals surface area contributed by atoms with Crippen LogP contribution in [0.3, 0.4) is 0 Å². The van der Waals surface area contributed by atoms with Crippen molar-refractivity contribution in [1.29, 1.82) is 0 Å². The Balaban J connectivity index is 2.60. The molecule has 0 unspecified atom stereocenters. The summed E-state index contributed by atoms with van der Waals surface area (Å²) in [7, 11) is 0. The molecule has 7 heteroatoms. The predicted octanol–water partition coefficient (Wildman–Crippen LogP) is 5.45. The molecule has 0 aliphatic heterocycles. The first-order valence-corrected chi connectivity index (χ1v) is 14.0. The molecular weight excluding hydrogens is 480 g/mol. The minimum Gasteiger partial charge on any atom is -0.461 e. The van der Waals surface area contributed by atoms with E-state index in [-0.39, 0.29) is 36.0 Å². The molecule has 7 nitrogen and oxygen atoms in total. The fraction of sp³-hybridized carbons (Fsp3) is 0.742. The van der Waals surface area contributed by atoms with E-state index in [2.05, 4.69) is 24.5 Å². The van der Waals surface area contributed by atoms with Crippen LogP contribution in [-0.4, -0.2) is 60.8 Å². The summed E-state index contributed by atoms with van der Waals surface area (Å²) in [4.78, 5) is 26.1. The van der Waals surface area contributed by atoms with Gasteiger partial charge in [-0.3, -0.25) is 9.59 Å². The van der Waals surface area contributed by atoms with Crippen molar-refractivity contribution in [2.45, 2.75) is 118 Å². The minimum atomic E-state index is -0.691. The summed E-state index contributed by atoms with van der Waals surface area (Å²) < 4.78 is 17.4. The Morgan fingerprint density at radius 3 is 2.11 bits per heavy atom. The van der Waals surface area contributed by atoms with E-state index in [1.54, 1.807) is 0 Å². The third kappa shape index (κ3) is 12.4. The van der Waals surface area contributed by atoms with E-state index in [1.807, 2.05) is 85.7 Å². The van der Waals surface area contributed by atoms with Crippen LogP contribution in [0, 0.1) is 5.41 Å². The van der Waals surface area contributed by atoms with Gasteiger partial charge in [-0.2, -0.15) is 0 Å². The molecule has 218 valence electrons. The first-order valence-electron chi connectivity index (χ1n) is 14.0. The highest BCUT2D eigenvalue weighted by atomic mass is 16.5. The highest BCUT2D eigenvalue weighted by molar-refractivity contribution is 5.90. The summed E-state index contributed by atoms with van der Waals surface area (Å²) in [5, 5.41) is 6.82. The maximum atomic E-state index is 13.7.